The first-order valence-corrected chi connectivity index (χ1v) is 8.65. The third-order valence-electron chi connectivity index (χ3n) is 3.71. The van der Waals surface area contributed by atoms with E-state index in [2.05, 4.69) is 17.0 Å². The van der Waals surface area contributed by atoms with Crippen LogP contribution in [-0.2, 0) is 22.8 Å². The highest BCUT2D eigenvalue weighted by Crippen LogP contribution is 2.27. The van der Waals surface area contributed by atoms with Gasteiger partial charge < -0.3 is 10.6 Å². The van der Waals surface area contributed by atoms with Gasteiger partial charge in [0.2, 0.25) is 0 Å². The first-order chi connectivity index (χ1) is 9.05. The minimum Gasteiger partial charge on any atom is -0.370 e. The van der Waals surface area contributed by atoms with Gasteiger partial charge in [0.1, 0.15) is 0 Å². The predicted octanol–water partition coefficient (Wildman–Crippen LogP) is 1.33. The molecule has 5 heteroatoms. The Morgan fingerprint density at radius 3 is 2.84 bits per heavy atom. The van der Waals surface area contributed by atoms with Crippen LogP contribution in [0, 0.1) is 0 Å². The monoisotopic (exact) mass is 282 g/mol. The molecule has 0 bridgehead atoms. The summed E-state index contributed by atoms with van der Waals surface area (Å²) in [6, 6.07) is 6.26. The molecule has 2 rings (SSSR count). The fourth-order valence-corrected chi connectivity index (χ4v) is 3.27. The number of rotatable bonds is 5. The molecule has 1 aromatic carbocycles. The van der Waals surface area contributed by atoms with Crippen LogP contribution in [0.3, 0.4) is 0 Å². The molecule has 4 nitrogen and oxygen atoms in total. The quantitative estimate of drug-likeness (QED) is 0.885. The van der Waals surface area contributed by atoms with Gasteiger partial charge in [-0.15, -0.1) is 0 Å². The summed E-state index contributed by atoms with van der Waals surface area (Å²) in [6.07, 6.45) is 2.13. The Bertz CT molecular complexity index is 540. The van der Waals surface area contributed by atoms with E-state index in [0.717, 1.165) is 24.9 Å². The summed E-state index contributed by atoms with van der Waals surface area (Å²) >= 11 is 0. The SMILES string of the molecule is CCS(=O)(=O)CCN1CCCc2cc(CN)ccc21. The standard InChI is InChI=1S/C14H22N2O2S/c1-2-19(17,18)9-8-16-7-3-4-13-10-12(11-15)5-6-14(13)16/h5-6,10H,2-4,7-9,11,15H2,1H3. The topological polar surface area (TPSA) is 63.4 Å². The van der Waals surface area contributed by atoms with Gasteiger partial charge in [0, 0.05) is 31.1 Å². The maximum Gasteiger partial charge on any atom is 0.151 e. The van der Waals surface area contributed by atoms with Crippen LogP contribution in [0.25, 0.3) is 0 Å². The van der Waals surface area contributed by atoms with Crippen LogP contribution in [0.15, 0.2) is 18.2 Å². The number of hydrogen-bond donors (Lipinski definition) is 1. The Labute approximate surface area is 115 Å². The zero-order chi connectivity index (χ0) is 13.9. The molecule has 0 fully saturated rings. The molecular weight excluding hydrogens is 260 g/mol. The summed E-state index contributed by atoms with van der Waals surface area (Å²) in [7, 11) is -2.90. The number of fused-ring (bicyclic) bond motifs is 1. The zero-order valence-corrected chi connectivity index (χ0v) is 12.2. The molecule has 106 valence electrons. The first kappa shape index (κ1) is 14.3. The van der Waals surface area contributed by atoms with Gasteiger partial charge in [0.15, 0.2) is 9.84 Å². The molecule has 0 aromatic heterocycles. The van der Waals surface area contributed by atoms with Gasteiger partial charge in [0.25, 0.3) is 0 Å². The van der Waals surface area contributed by atoms with E-state index in [0.29, 0.717) is 13.1 Å². The lowest BCUT2D eigenvalue weighted by Gasteiger charge is -2.31. The van der Waals surface area contributed by atoms with E-state index in [1.807, 2.05) is 6.07 Å². The van der Waals surface area contributed by atoms with Crippen molar-refractivity contribution in [3.8, 4) is 0 Å². The highest BCUT2D eigenvalue weighted by Gasteiger charge is 2.18. The number of sulfone groups is 1. The van der Waals surface area contributed by atoms with E-state index >= 15 is 0 Å². The third-order valence-corrected chi connectivity index (χ3v) is 5.39. The van der Waals surface area contributed by atoms with Crippen LogP contribution < -0.4 is 10.6 Å². The molecule has 0 amide bonds. The molecule has 0 atom stereocenters. The Kier molecular flexibility index (Phi) is 4.47. The molecule has 1 aromatic rings. The van der Waals surface area contributed by atoms with Gasteiger partial charge in [-0.1, -0.05) is 19.1 Å². The molecule has 0 saturated carbocycles. The zero-order valence-electron chi connectivity index (χ0n) is 11.4. The van der Waals surface area contributed by atoms with Crippen molar-refractivity contribution in [3.05, 3.63) is 29.3 Å². The maximum absolute atomic E-state index is 11.6. The van der Waals surface area contributed by atoms with Gasteiger partial charge in [-0.05, 0) is 30.0 Å². The minimum atomic E-state index is -2.90. The number of anilines is 1. The summed E-state index contributed by atoms with van der Waals surface area (Å²) in [4.78, 5) is 2.19. The van der Waals surface area contributed by atoms with Crippen LogP contribution in [0.4, 0.5) is 5.69 Å². The van der Waals surface area contributed by atoms with Gasteiger partial charge in [0.05, 0.1) is 5.75 Å². The fraction of sp³-hybridized carbons (Fsp3) is 0.571. The molecule has 1 aliphatic heterocycles. The number of nitrogens with zero attached hydrogens (tertiary/aromatic N) is 1. The summed E-state index contributed by atoms with van der Waals surface area (Å²) in [6.45, 7) is 3.78. The lowest BCUT2D eigenvalue weighted by atomic mass is 9.99. The maximum atomic E-state index is 11.6. The fourth-order valence-electron chi connectivity index (χ4n) is 2.48. The van der Waals surface area contributed by atoms with Gasteiger partial charge in [-0.2, -0.15) is 0 Å². The van der Waals surface area contributed by atoms with Gasteiger partial charge >= 0.3 is 0 Å². The largest absolute Gasteiger partial charge is 0.370 e. The molecule has 0 radical (unpaired) electrons. The van der Waals surface area contributed by atoms with E-state index in [-0.39, 0.29) is 11.5 Å². The van der Waals surface area contributed by atoms with Crippen molar-refractivity contribution in [1.29, 1.82) is 0 Å². The Balaban J connectivity index is 2.14. The molecule has 1 aliphatic rings. The number of benzene rings is 1. The number of aryl methyl sites for hydroxylation is 1. The van der Waals surface area contributed by atoms with E-state index in [1.54, 1.807) is 6.92 Å². The lowest BCUT2D eigenvalue weighted by Crippen LogP contribution is -2.34. The molecular formula is C14H22N2O2S. The highest BCUT2D eigenvalue weighted by molar-refractivity contribution is 7.91. The van der Waals surface area contributed by atoms with E-state index in [9.17, 15) is 8.42 Å². The first-order valence-electron chi connectivity index (χ1n) is 6.83. The Hall–Kier alpha value is -1.07. The average Bonchev–Trinajstić information content (AvgIpc) is 2.44. The second-order valence-corrected chi connectivity index (χ2v) is 7.47. The molecule has 0 unspecified atom stereocenters. The van der Waals surface area contributed by atoms with Crippen LogP contribution >= 0.6 is 0 Å². The minimum absolute atomic E-state index is 0.222. The number of nitrogens with two attached hydrogens (primary N) is 1. The summed E-state index contributed by atoms with van der Waals surface area (Å²) in [5.41, 5.74) is 9.27. The lowest BCUT2D eigenvalue weighted by molar-refractivity contribution is 0.594. The molecule has 19 heavy (non-hydrogen) atoms. The van der Waals surface area contributed by atoms with Crippen molar-refractivity contribution in [3.63, 3.8) is 0 Å². The second-order valence-electron chi connectivity index (χ2n) is 4.99. The van der Waals surface area contributed by atoms with Crippen molar-refractivity contribution in [2.45, 2.75) is 26.3 Å². The molecule has 0 saturated heterocycles. The van der Waals surface area contributed by atoms with Crippen molar-refractivity contribution in [2.24, 2.45) is 5.73 Å². The molecule has 0 aliphatic carbocycles. The number of hydrogen-bond acceptors (Lipinski definition) is 4. The summed E-state index contributed by atoms with van der Waals surface area (Å²) in [5, 5.41) is 0. The summed E-state index contributed by atoms with van der Waals surface area (Å²) in [5.74, 6) is 0.460. The predicted molar refractivity (Wildman–Crippen MR) is 79.2 cm³/mol. The Morgan fingerprint density at radius 2 is 2.16 bits per heavy atom. The van der Waals surface area contributed by atoms with Crippen molar-refractivity contribution >= 4 is 15.5 Å². The average molecular weight is 282 g/mol. The van der Waals surface area contributed by atoms with Crippen LogP contribution in [0.1, 0.15) is 24.5 Å². The smallest absolute Gasteiger partial charge is 0.151 e. The van der Waals surface area contributed by atoms with Crippen LogP contribution in [0.2, 0.25) is 0 Å². The van der Waals surface area contributed by atoms with E-state index in [4.69, 9.17) is 5.73 Å². The van der Waals surface area contributed by atoms with Crippen LogP contribution in [-0.4, -0.2) is 33.0 Å². The second kappa shape index (κ2) is 5.92. The third kappa shape index (κ3) is 3.48. The summed E-state index contributed by atoms with van der Waals surface area (Å²) < 4.78 is 23.2. The van der Waals surface area contributed by atoms with E-state index in [1.165, 1.54) is 11.3 Å². The van der Waals surface area contributed by atoms with Crippen molar-refractivity contribution < 1.29 is 8.42 Å². The molecule has 2 N–H and O–H groups in total. The normalized spacial score (nSPS) is 15.4. The van der Waals surface area contributed by atoms with Crippen molar-refractivity contribution in [1.82, 2.24) is 0 Å². The highest BCUT2D eigenvalue weighted by atomic mass is 32.2. The molecule has 0 spiro atoms. The van der Waals surface area contributed by atoms with E-state index < -0.39 is 9.84 Å². The van der Waals surface area contributed by atoms with Crippen molar-refractivity contribution in [2.75, 3.05) is 29.5 Å². The van der Waals surface area contributed by atoms with Gasteiger partial charge in [-0.3, -0.25) is 0 Å². The van der Waals surface area contributed by atoms with Gasteiger partial charge in [-0.25, -0.2) is 8.42 Å². The molecule has 1 heterocycles. The Morgan fingerprint density at radius 1 is 1.37 bits per heavy atom. The van der Waals surface area contributed by atoms with Crippen LogP contribution in [0.5, 0.6) is 0 Å².